The monoisotopic (exact) mass is 349 g/mol. The van der Waals surface area contributed by atoms with Crippen molar-refractivity contribution >= 4 is 34.6 Å². The summed E-state index contributed by atoms with van der Waals surface area (Å²) in [4.78, 5) is 22.7. The standard InChI is InChI=1S/C14H15N5O4S/c1-3-23-9-4-5-10(12(8-9)19(21)22)16-14(24)17-13(20)11-6-7-15-18(11)2/h4-8H,3H2,1-2H3,(H2,16,17,20,24). The number of rotatable bonds is 5. The minimum absolute atomic E-state index is 0.0616. The molecule has 9 nitrogen and oxygen atoms in total. The van der Waals surface area contributed by atoms with Crippen molar-refractivity contribution in [2.24, 2.45) is 7.05 Å². The second kappa shape index (κ2) is 7.51. The highest BCUT2D eigenvalue weighted by Crippen LogP contribution is 2.29. The molecule has 2 aromatic rings. The third-order valence-electron chi connectivity index (χ3n) is 3.01. The molecule has 10 heteroatoms. The molecule has 0 fully saturated rings. The van der Waals surface area contributed by atoms with Gasteiger partial charge in [-0.1, -0.05) is 0 Å². The molecule has 2 rings (SSSR count). The van der Waals surface area contributed by atoms with Crippen LogP contribution in [0.4, 0.5) is 11.4 Å². The van der Waals surface area contributed by atoms with Gasteiger partial charge in [0.05, 0.1) is 17.6 Å². The van der Waals surface area contributed by atoms with Crippen molar-refractivity contribution in [2.75, 3.05) is 11.9 Å². The number of carbonyl (C=O) groups is 1. The summed E-state index contributed by atoms with van der Waals surface area (Å²) in [6, 6.07) is 5.85. The molecule has 24 heavy (non-hydrogen) atoms. The third kappa shape index (κ3) is 4.04. The lowest BCUT2D eigenvalue weighted by Gasteiger charge is -2.11. The zero-order chi connectivity index (χ0) is 17.7. The van der Waals surface area contributed by atoms with E-state index < -0.39 is 10.8 Å². The molecular weight excluding hydrogens is 334 g/mol. The van der Waals surface area contributed by atoms with E-state index in [1.807, 2.05) is 0 Å². The van der Waals surface area contributed by atoms with Crippen LogP contribution in [0.2, 0.25) is 0 Å². The number of anilines is 1. The van der Waals surface area contributed by atoms with E-state index in [1.54, 1.807) is 20.0 Å². The number of nitro benzene ring substituents is 1. The summed E-state index contributed by atoms with van der Waals surface area (Å²) in [5.74, 6) is -0.0966. The first kappa shape index (κ1) is 17.3. The van der Waals surface area contributed by atoms with E-state index >= 15 is 0 Å². The van der Waals surface area contributed by atoms with Crippen LogP contribution in [0.3, 0.4) is 0 Å². The molecule has 1 aromatic heterocycles. The second-order valence-corrected chi connectivity index (χ2v) is 5.03. The van der Waals surface area contributed by atoms with Gasteiger partial charge in [0.25, 0.3) is 11.6 Å². The molecule has 0 bridgehead atoms. The number of aryl methyl sites for hydroxylation is 1. The molecule has 0 saturated carbocycles. The highest BCUT2D eigenvalue weighted by atomic mass is 32.1. The Bertz CT molecular complexity index is 789. The number of thiocarbonyl (C=S) groups is 1. The first-order chi connectivity index (χ1) is 11.4. The van der Waals surface area contributed by atoms with Crippen LogP contribution in [0, 0.1) is 10.1 Å². The highest BCUT2D eigenvalue weighted by Gasteiger charge is 2.18. The molecule has 0 spiro atoms. The molecule has 1 heterocycles. The lowest BCUT2D eigenvalue weighted by molar-refractivity contribution is -0.384. The van der Waals surface area contributed by atoms with Gasteiger partial charge in [-0.2, -0.15) is 5.10 Å². The van der Waals surface area contributed by atoms with E-state index in [0.717, 1.165) is 0 Å². The number of nitrogens with zero attached hydrogens (tertiary/aromatic N) is 3. The quantitative estimate of drug-likeness (QED) is 0.481. The summed E-state index contributed by atoms with van der Waals surface area (Å²) in [6.07, 6.45) is 1.47. The van der Waals surface area contributed by atoms with Gasteiger partial charge in [-0.15, -0.1) is 0 Å². The smallest absolute Gasteiger partial charge is 0.296 e. The summed E-state index contributed by atoms with van der Waals surface area (Å²) < 4.78 is 6.63. The van der Waals surface area contributed by atoms with E-state index in [2.05, 4.69) is 15.7 Å². The van der Waals surface area contributed by atoms with Crippen molar-refractivity contribution in [3.05, 3.63) is 46.3 Å². The maximum atomic E-state index is 12.0. The zero-order valence-electron chi connectivity index (χ0n) is 13.0. The first-order valence-corrected chi connectivity index (χ1v) is 7.34. The minimum atomic E-state index is -0.559. The molecule has 1 amide bonds. The van der Waals surface area contributed by atoms with Crippen molar-refractivity contribution in [1.82, 2.24) is 15.1 Å². The van der Waals surface area contributed by atoms with Crippen LogP contribution in [0.5, 0.6) is 5.75 Å². The Morgan fingerprint density at radius 2 is 2.21 bits per heavy atom. The molecule has 0 aliphatic rings. The molecule has 0 saturated heterocycles. The fourth-order valence-corrected chi connectivity index (χ4v) is 2.14. The highest BCUT2D eigenvalue weighted by molar-refractivity contribution is 7.80. The number of hydrogen-bond acceptors (Lipinski definition) is 6. The Morgan fingerprint density at radius 3 is 2.79 bits per heavy atom. The lowest BCUT2D eigenvalue weighted by Crippen LogP contribution is -2.35. The van der Waals surface area contributed by atoms with Crippen molar-refractivity contribution in [1.29, 1.82) is 0 Å². The van der Waals surface area contributed by atoms with Crippen LogP contribution >= 0.6 is 12.2 Å². The van der Waals surface area contributed by atoms with E-state index in [4.69, 9.17) is 17.0 Å². The molecular formula is C14H15N5O4S. The number of nitro groups is 1. The van der Waals surface area contributed by atoms with Gasteiger partial charge in [-0.05, 0) is 37.3 Å². The third-order valence-corrected chi connectivity index (χ3v) is 3.21. The maximum absolute atomic E-state index is 12.0. The van der Waals surface area contributed by atoms with E-state index in [9.17, 15) is 14.9 Å². The second-order valence-electron chi connectivity index (χ2n) is 4.62. The number of amides is 1. The SMILES string of the molecule is CCOc1ccc(NC(=S)NC(=O)c2ccnn2C)c([N+](=O)[O-])c1. The average molecular weight is 349 g/mol. The van der Waals surface area contributed by atoms with Gasteiger partial charge in [-0.25, -0.2) is 0 Å². The van der Waals surface area contributed by atoms with Crippen LogP contribution in [0.15, 0.2) is 30.5 Å². The van der Waals surface area contributed by atoms with Gasteiger partial charge in [0.1, 0.15) is 17.1 Å². The average Bonchev–Trinajstić information content (AvgIpc) is 2.95. The first-order valence-electron chi connectivity index (χ1n) is 6.94. The minimum Gasteiger partial charge on any atom is -0.494 e. The number of aromatic nitrogens is 2. The Hall–Kier alpha value is -3.01. The number of ether oxygens (including phenoxy) is 1. The normalized spacial score (nSPS) is 10.1. The Kier molecular flexibility index (Phi) is 5.42. The largest absolute Gasteiger partial charge is 0.494 e. The van der Waals surface area contributed by atoms with Gasteiger partial charge < -0.3 is 10.1 Å². The fourth-order valence-electron chi connectivity index (χ4n) is 1.94. The molecule has 0 atom stereocenters. The zero-order valence-corrected chi connectivity index (χ0v) is 13.8. The van der Waals surface area contributed by atoms with E-state index in [0.29, 0.717) is 18.1 Å². The molecule has 2 N–H and O–H groups in total. The topological polar surface area (TPSA) is 111 Å². The lowest BCUT2D eigenvalue weighted by atomic mass is 10.2. The summed E-state index contributed by atoms with van der Waals surface area (Å²) in [6.45, 7) is 2.17. The predicted molar refractivity (Wildman–Crippen MR) is 91.2 cm³/mol. The summed E-state index contributed by atoms with van der Waals surface area (Å²) in [5.41, 5.74) is 0.247. The molecule has 126 valence electrons. The van der Waals surface area contributed by atoms with Crippen LogP contribution < -0.4 is 15.4 Å². The van der Waals surface area contributed by atoms with E-state index in [-0.39, 0.29) is 16.5 Å². The van der Waals surface area contributed by atoms with Crippen LogP contribution in [-0.2, 0) is 7.05 Å². The number of nitrogens with one attached hydrogen (secondary N) is 2. The van der Waals surface area contributed by atoms with E-state index in [1.165, 1.54) is 29.1 Å². The molecule has 0 radical (unpaired) electrons. The molecule has 0 unspecified atom stereocenters. The fraction of sp³-hybridized carbons (Fsp3) is 0.214. The van der Waals surface area contributed by atoms with Gasteiger partial charge in [0.15, 0.2) is 5.11 Å². The van der Waals surface area contributed by atoms with Gasteiger partial charge >= 0.3 is 0 Å². The van der Waals surface area contributed by atoms with Gasteiger partial charge in [0.2, 0.25) is 0 Å². The van der Waals surface area contributed by atoms with Crippen LogP contribution in [-0.4, -0.2) is 32.3 Å². The molecule has 0 aliphatic heterocycles. The van der Waals surface area contributed by atoms with Crippen molar-refractivity contribution < 1.29 is 14.5 Å². The number of carbonyl (C=O) groups excluding carboxylic acids is 1. The Labute approximate surface area is 142 Å². The molecule has 0 aliphatic carbocycles. The Morgan fingerprint density at radius 1 is 1.46 bits per heavy atom. The van der Waals surface area contributed by atoms with Crippen molar-refractivity contribution in [3.8, 4) is 5.75 Å². The summed E-state index contributed by atoms with van der Waals surface area (Å²) in [7, 11) is 1.61. The predicted octanol–water partition coefficient (Wildman–Crippen LogP) is 1.85. The van der Waals surface area contributed by atoms with Crippen molar-refractivity contribution in [2.45, 2.75) is 6.92 Å². The summed E-state index contributed by atoms with van der Waals surface area (Å²) in [5, 5.41) is 20.1. The Balaban J connectivity index is 2.12. The summed E-state index contributed by atoms with van der Waals surface area (Å²) >= 11 is 5.03. The number of benzene rings is 1. The maximum Gasteiger partial charge on any atom is 0.296 e. The van der Waals surface area contributed by atoms with Crippen LogP contribution in [0.1, 0.15) is 17.4 Å². The van der Waals surface area contributed by atoms with Crippen molar-refractivity contribution in [3.63, 3.8) is 0 Å². The molecule has 1 aromatic carbocycles. The van der Waals surface area contributed by atoms with Crippen LogP contribution in [0.25, 0.3) is 0 Å². The van der Waals surface area contributed by atoms with Gasteiger partial charge in [0, 0.05) is 13.2 Å². The van der Waals surface area contributed by atoms with Gasteiger partial charge in [-0.3, -0.25) is 24.9 Å². The number of hydrogen-bond donors (Lipinski definition) is 2.